The molecule has 14 heavy (non-hydrogen) atoms. The fraction of sp³-hybridized carbons (Fsp3) is 0.778. The summed E-state index contributed by atoms with van der Waals surface area (Å²) in [5.41, 5.74) is 5.40. The molecule has 1 aromatic heterocycles. The van der Waals surface area contributed by atoms with Crippen LogP contribution in [0.25, 0.3) is 0 Å². The summed E-state index contributed by atoms with van der Waals surface area (Å²) >= 11 is 0. The lowest BCUT2D eigenvalue weighted by atomic mass is 10.3. The molecule has 0 saturated heterocycles. The molecule has 0 aromatic carbocycles. The van der Waals surface area contributed by atoms with Crippen LogP contribution in [0.15, 0.2) is 0 Å². The number of aromatic amines is 1. The monoisotopic (exact) mass is 198 g/mol. The first kappa shape index (κ1) is 11.1. The lowest BCUT2D eigenvalue weighted by molar-refractivity contribution is 0.194. The number of hydrogen-bond acceptors (Lipinski definition) is 4. The molecule has 0 radical (unpaired) electrons. The molecular formula is C9H18N4O. The maximum Gasteiger partial charge on any atom is 0.150 e. The fourth-order valence-electron chi connectivity index (χ4n) is 1.20. The highest BCUT2D eigenvalue weighted by Gasteiger charge is 2.01. The molecule has 5 heteroatoms. The topological polar surface area (TPSA) is 76.8 Å². The molecule has 0 atom stereocenters. The predicted octanol–water partition coefficient (Wildman–Crippen LogP) is 0.275. The van der Waals surface area contributed by atoms with Gasteiger partial charge < -0.3 is 10.5 Å². The van der Waals surface area contributed by atoms with E-state index in [-0.39, 0.29) is 0 Å². The molecule has 3 N–H and O–H groups in total. The SMILES string of the molecule is COCCCc1nc(CCCN)n[nH]1. The van der Waals surface area contributed by atoms with Gasteiger partial charge in [-0.15, -0.1) is 0 Å². The van der Waals surface area contributed by atoms with Gasteiger partial charge in [0.1, 0.15) is 5.82 Å². The number of nitrogens with zero attached hydrogens (tertiary/aromatic N) is 2. The highest BCUT2D eigenvalue weighted by molar-refractivity contribution is 4.90. The summed E-state index contributed by atoms with van der Waals surface area (Å²) in [7, 11) is 1.70. The Balaban J connectivity index is 2.27. The minimum atomic E-state index is 0.688. The molecule has 1 aromatic rings. The lowest BCUT2D eigenvalue weighted by Gasteiger charge is -1.94. The molecule has 0 aliphatic heterocycles. The molecule has 0 aliphatic rings. The molecule has 80 valence electrons. The summed E-state index contributed by atoms with van der Waals surface area (Å²) < 4.78 is 4.96. The summed E-state index contributed by atoms with van der Waals surface area (Å²) in [5, 5.41) is 7.02. The molecule has 0 unspecified atom stereocenters. The average molecular weight is 198 g/mol. The van der Waals surface area contributed by atoms with Crippen molar-refractivity contribution in [1.29, 1.82) is 0 Å². The quantitative estimate of drug-likeness (QED) is 0.617. The van der Waals surface area contributed by atoms with Crippen molar-refractivity contribution in [2.24, 2.45) is 5.73 Å². The van der Waals surface area contributed by atoms with E-state index in [2.05, 4.69) is 15.2 Å². The van der Waals surface area contributed by atoms with E-state index in [1.165, 1.54) is 0 Å². The number of methoxy groups -OCH3 is 1. The van der Waals surface area contributed by atoms with E-state index in [9.17, 15) is 0 Å². The summed E-state index contributed by atoms with van der Waals surface area (Å²) in [6.07, 6.45) is 3.66. The van der Waals surface area contributed by atoms with Crippen molar-refractivity contribution in [3.05, 3.63) is 11.6 Å². The molecule has 0 bridgehead atoms. The fourth-order valence-corrected chi connectivity index (χ4v) is 1.20. The van der Waals surface area contributed by atoms with Crippen LogP contribution in [0.3, 0.4) is 0 Å². The first-order valence-electron chi connectivity index (χ1n) is 4.96. The Hall–Kier alpha value is -0.940. The average Bonchev–Trinajstić information content (AvgIpc) is 2.63. The Morgan fingerprint density at radius 1 is 1.36 bits per heavy atom. The van der Waals surface area contributed by atoms with Crippen LogP contribution in [0.4, 0.5) is 0 Å². The molecule has 1 rings (SSSR count). The molecule has 5 nitrogen and oxygen atoms in total. The Bertz CT molecular complexity index is 249. The van der Waals surface area contributed by atoms with Crippen LogP contribution in [0.1, 0.15) is 24.5 Å². The number of hydrogen-bond donors (Lipinski definition) is 2. The molecule has 0 fully saturated rings. The van der Waals surface area contributed by atoms with Crippen LogP contribution in [0.5, 0.6) is 0 Å². The minimum Gasteiger partial charge on any atom is -0.385 e. The summed E-state index contributed by atoms with van der Waals surface area (Å²) in [6.45, 7) is 1.45. The number of ether oxygens (including phenoxy) is 1. The van der Waals surface area contributed by atoms with Crippen molar-refractivity contribution in [3.63, 3.8) is 0 Å². The van der Waals surface area contributed by atoms with E-state index < -0.39 is 0 Å². The van der Waals surface area contributed by atoms with E-state index in [0.29, 0.717) is 6.54 Å². The van der Waals surface area contributed by atoms with Crippen LogP contribution >= 0.6 is 0 Å². The molecule has 0 spiro atoms. The van der Waals surface area contributed by atoms with E-state index in [0.717, 1.165) is 43.9 Å². The number of aryl methyl sites for hydroxylation is 2. The second-order valence-electron chi connectivity index (χ2n) is 3.19. The number of rotatable bonds is 7. The van der Waals surface area contributed by atoms with Crippen LogP contribution < -0.4 is 5.73 Å². The van der Waals surface area contributed by atoms with Crippen molar-refractivity contribution in [2.45, 2.75) is 25.7 Å². The van der Waals surface area contributed by atoms with E-state index in [1.54, 1.807) is 7.11 Å². The summed E-state index contributed by atoms with van der Waals surface area (Å²) in [4.78, 5) is 4.34. The lowest BCUT2D eigenvalue weighted by Crippen LogP contribution is -2.01. The van der Waals surface area contributed by atoms with Gasteiger partial charge in [-0.2, -0.15) is 5.10 Å². The first-order chi connectivity index (χ1) is 6.86. The molecule has 0 saturated carbocycles. The highest BCUT2D eigenvalue weighted by atomic mass is 16.5. The van der Waals surface area contributed by atoms with Gasteiger partial charge in [0.2, 0.25) is 0 Å². The third-order valence-corrected chi connectivity index (χ3v) is 1.94. The Kier molecular flexibility index (Phi) is 5.17. The third kappa shape index (κ3) is 3.85. The van der Waals surface area contributed by atoms with Gasteiger partial charge in [0.15, 0.2) is 5.82 Å². The third-order valence-electron chi connectivity index (χ3n) is 1.94. The van der Waals surface area contributed by atoms with E-state index in [4.69, 9.17) is 10.5 Å². The first-order valence-corrected chi connectivity index (χ1v) is 4.96. The number of nitrogens with one attached hydrogen (secondary N) is 1. The van der Waals surface area contributed by atoms with Crippen molar-refractivity contribution in [2.75, 3.05) is 20.3 Å². The standard InChI is InChI=1S/C9H18N4O/c1-14-7-3-5-9-11-8(12-13-9)4-2-6-10/h2-7,10H2,1H3,(H,11,12,13). The Labute approximate surface area is 84.1 Å². The smallest absolute Gasteiger partial charge is 0.150 e. The zero-order valence-electron chi connectivity index (χ0n) is 8.62. The van der Waals surface area contributed by atoms with E-state index in [1.807, 2.05) is 0 Å². The second-order valence-corrected chi connectivity index (χ2v) is 3.19. The zero-order chi connectivity index (χ0) is 10.2. The van der Waals surface area contributed by atoms with Gasteiger partial charge >= 0.3 is 0 Å². The summed E-state index contributed by atoms with van der Waals surface area (Å²) in [5.74, 6) is 1.80. The van der Waals surface area contributed by atoms with E-state index >= 15 is 0 Å². The molecule has 0 amide bonds. The van der Waals surface area contributed by atoms with Gasteiger partial charge in [0.05, 0.1) is 0 Å². The second kappa shape index (κ2) is 6.50. The number of H-pyrrole nitrogens is 1. The van der Waals surface area contributed by atoms with Gasteiger partial charge in [-0.1, -0.05) is 0 Å². The van der Waals surface area contributed by atoms with Crippen molar-refractivity contribution >= 4 is 0 Å². The van der Waals surface area contributed by atoms with Gasteiger partial charge in [0.25, 0.3) is 0 Å². The van der Waals surface area contributed by atoms with Gasteiger partial charge in [-0.3, -0.25) is 5.10 Å². The zero-order valence-corrected chi connectivity index (χ0v) is 8.62. The minimum absolute atomic E-state index is 0.688. The Morgan fingerprint density at radius 2 is 2.21 bits per heavy atom. The van der Waals surface area contributed by atoms with Crippen LogP contribution in [0.2, 0.25) is 0 Å². The van der Waals surface area contributed by atoms with Crippen LogP contribution in [-0.2, 0) is 17.6 Å². The molecule has 0 aliphatic carbocycles. The van der Waals surface area contributed by atoms with Crippen molar-refractivity contribution in [3.8, 4) is 0 Å². The largest absolute Gasteiger partial charge is 0.385 e. The van der Waals surface area contributed by atoms with Gasteiger partial charge in [-0.25, -0.2) is 4.98 Å². The Morgan fingerprint density at radius 3 is 2.93 bits per heavy atom. The van der Waals surface area contributed by atoms with Gasteiger partial charge in [0, 0.05) is 26.6 Å². The molecular weight excluding hydrogens is 180 g/mol. The normalized spacial score (nSPS) is 10.7. The summed E-state index contributed by atoms with van der Waals surface area (Å²) in [6, 6.07) is 0. The predicted molar refractivity (Wildman–Crippen MR) is 54.0 cm³/mol. The molecule has 1 heterocycles. The highest BCUT2D eigenvalue weighted by Crippen LogP contribution is 1.99. The van der Waals surface area contributed by atoms with Crippen molar-refractivity contribution < 1.29 is 4.74 Å². The van der Waals surface area contributed by atoms with Crippen LogP contribution in [-0.4, -0.2) is 35.4 Å². The maximum absolute atomic E-state index is 5.40. The van der Waals surface area contributed by atoms with Crippen LogP contribution in [0, 0.1) is 0 Å². The number of nitrogens with two attached hydrogens (primary N) is 1. The number of aromatic nitrogens is 3. The van der Waals surface area contributed by atoms with Crippen molar-refractivity contribution in [1.82, 2.24) is 15.2 Å². The maximum atomic E-state index is 5.40. The van der Waals surface area contributed by atoms with Gasteiger partial charge in [-0.05, 0) is 19.4 Å².